The van der Waals surface area contributed by atoms with Gasteiger partial charge in [0.2, 0.25) is 11.9 Å². The molecule has 2 aromatic rings. The Labute approximate surface area is 156 Å². The highest BCUT2D eigenvalue weighted by Crippen LogP contribution is 2.38. The molecule has 2 aliphatic rings. The summed E-state index contributed by atoms with van der Waals surface area (Å²) in [6, 6.07) is 5.41. The van der Waals surface area contributed by atoms with Gasteiger partial charge in [-0.2, -0.15) is 0 Å². The molecule has 0 saturated carbocycles. The van der Waals surface area contributed by atoms with Gasteiger partial charge in [-0.15, -0.1) is 0 Å². The molecule has 136 valence electrons. The Balaban J connectivity index is 1.38. The summed E-state index contributed by atoms with van der Waals surface area (Å²) in [5.41, 5.74) is 0.832. The Hall–Kier alpha value is -2.54. The van der Waals surface area contributed by atoms with Crippen LogP contribution in [0, 0.1) is 0 Å². The molecule has 1 aromatic heterocycles. The van der Waals surface area contributed by atoms with Crippen molar-refractivity contribution in [2.45, 2.75) is 6.42 Å². The zero-order valence-electron chi connectivity index (χ0n) is 14.2. The SMILES string of the molecule is O=C(Cc1cc(Cl)c2c(c1)OCCO2)N1CCN(c2ncccn2)CC1. The van der Waals surface area contributed by atoms with Gasteiger partial charge in [-0.05, 0) is 23.8 Å². The van der Waals surface area contributed by atoms with Crippen LogP contribution in [0.2, 0.25) is 5.02 Å². The minimum Gasteiger partial charge on any atom is -0.486 e. The van der Waals surface area contributed by atoms with E-state index in [0.717, 1.165) is 18.7 Å². The quantitative estimate of drug-likeness (QED) is 0.816. The predicted molar refractivity (Wildman–Crippen MR) is 97.0 cm³/mol. The van der Waals surface area contributed by atoms with Gasteiger partial charge in [0, 0.05) is 38.6 Å². The van der Waals surface area contributed by atoms with Gasteiger partial charge >= 0.3 is 0 Å². The van der Waals surface area contributed by atoms with Crippen LogP contribution in [0.5, 0.6) is 11.5 Å². The summed E-state index contributed by atoms with van der Waals surface area (Å²) >= 11 is 6.25. The summed E-state index contributed by atoms with van der Waals surface area (Å²) in [5, 5.41) is 0.482. The fraction of sp³-hybridized carbons (Fsp3) is 0.389. The summed E-state index contributed by atoms with van der Waals surface area (Å²) in [7, 11) is 0. The number of amides is 1. The molecule has 1 saturated heterocycles. The maximum Gasteiger partial charge on any atom is 0.227 e. The van der Waals surface area contributed by atoms with Crippen molar-refractivity contribution in [3.8, 4) is 11.5 Å². The minimum absolute atomic E-state index is 0.0753. The number of anilines is 1. The highest BCUT2D eigenvalue weighted by Gasteiger charge is 2.24. The van der Waals surface area contributed by atoms with E-state index < -0.39 is 0 Å². The summed E-state index contributed by atoms with van der Waals surface area (Å²) in [5.74, 6) is 1.95. The lowest BCUT2D eigenvalue weighted by atomic mass is 10.1. The van der Waals surface area contributed by atoms with Crippen molar-refractivity contribution in [1.82, 2.24) is 14.9 Å². The maximum absolute atomic E-state index is 12.7. The molecule has 0 spiro atoms. The molecule has 1 fully saturated rings. The summed E-state index contributed by atoms with van der Waals surface area (Å²) in [6.07, 6.45) is 3.75. The number of ether oxygens (including phenoxy) is 2. The number of halogens is 1. The molecule has 8 heteroatoms. The van der Waals surface area contributed by atoms with Crippen molar-refractivity contribution in [1.29, 1.82) is 0 Å². The van der Waals surface area contributed by atoms with Crippen molar-refractivity contribution in [3.63, 3.8) is 0 Å². The molecule has 4 rings (SSSR count). The van der Waals surface area contributed by atoms with Crippen molar-refractivity contribution in [3.05, 3.63) is 41.2 Å². The molecule has 1 amide bonds. The van der Waals surface area contributed by atoms with E-state index in [2.05, 4.69) is 14.9 Å². The lowest BCUT2D eigenvalue weighted by Crippen LogP contribution is -2.49. The molecule has 26 heavy (non-hydrogen) atoms. The molecule has 2 aliphatic heterocycles. The van der Waals surface area contributed by atoms with Gasteiger partial charge in [0.05, 0.1) is 11.4 Å². The van der Waals surface area contributed by atoms with Crippen molar-refractivity contribution >= 4 is 23.5 Å². The zero-order chi connectivity index (χ0) is 17.9. The molecule has 7 nitrogen and oxygen atoms in total. The van der Waals surface area contributed by atoms with Gasteiger partial charge < -0.3 is 19.3 Å². The van der Waals surface area contributed by atoms with Gasteiger partial charge in [0.1, 0.15) is 13.2 Å². The van der Waals surface area contributed by atoms with E-state index in [1.54, 1.807) is 24.5 Å². The minimum atomic E-state index is 0.0753. The van der Waals surface area contributed by atoms with Crippen LogP contribution in [-0.4, -0.2) is 60.2 Å². The van der Waals surface area contributed by atoms with Gasteiger partial charge in [0.25, 0.3) is 0 Å². The third-order valence-electron chi connectivity index (χ3n) is 4.48. The van der Waals surface area contributed by atoms with Crippen LogP contribution in [0.15, 0.2) is 30.6 Å². The molecule has 0 N–H and O–H groups in total. The van der Waals surface area contributed by atoms with Crippen LogP contribution < -0.4 is 14.4 Å². The van der Waals surface area contributed by atoms with Crippen LogP contribution >= 0.6 is 11.6 Å². The fourth-order valence-corrected chi connectivity index (χ4v) is 3.45. The van der Waals surface area contributed by atoms with E-state index in [1.807, 2.05) is 11.0 Å². The highest BCUT2D eigenvalue weighted by atomic mass is 35.5. The summed E-state index contributed by atoms with van der Waals surface area (Å²) < 4.78 is 11.1. The molecule has 0 unspecified atom stereocenters. The van der Waals surface area contributed by atoms with E-state index in [4.69, 9.17) is 21.1 Å². The van der Waals surface area contributed by atoms with Crippen LogP contribution in [0.25, 0.3) is 0 Å². The first kappa shape index (κ1) is 16.9. The predicted octanol–water partition coefficient (Wildman–Crippen LogP) is 1.79. The maximum atomic E-state index is 12.7. The molecule has 0 radical (unpaired) electrons. The normalized spacial score (nSPS) is 16.5. The number of rotatable bonds is 3. The van der Waals surface area contributed by atoms with Crippen molar-refractivity contribution in [2.24, 2.45) is 0 Å². The number of hydrogen-bond acceptors (Lipinski definition) is 6. The number of carbonyl (C=O) groups excluding carboxylic acids is 1. The average Bonchev–Trinajstić information content (AvgIpc) is 2.69. The molecule has 0 atom stereocenters. The number of fused-ring (bicyclic) bond motifs is 1. The van der Waals surface area contributed by atoms with Crippen molar-refractivity contribution < 1.29 is 14.3 Å². The first-order valence-corrected chi connectivity index (χ1v) is 8.96. The third kappa shape index (κ3) is 3.53. The van der Waals surface area contributed by atoms with E-state index in [1.165, 1.54) is 0 Å². The number of aromatic nitrogens is 2. The topological polar surface area (TPSA) is 67.8 Å². The smallest absolute Gasteiger partial charge is 0.227 e. The highest BCUT2D eigenvalue weighted by molar-refractivity contribution is 6.32. The van der Waals surface area contributed by atoms with E-state index in [0.29, 0.717) is 48.8 Å². The number of piperazine rings is 1. The summed E-state index contributed by atoms with van der Waals surface area (Å²) in [6.45, 7) is 3.71. The standard InChI is InChI=1S/C18H19ClN4O3/c19-14-10-13(11-15-17(14)26-9-8-25-15)12-16(24)22-4-6-23(7-5-22)18-20-2-1-3-21-18/h1-3,10-11H,4-9,12H2. The van der Waals surface area contributed by atoms with Crippen molar-refractivity contribution in [2.75, 3.05) is 44.3 Å². The number of benzene rings is 1. The van der Waals surface area contributed by atoms with Crippen LogP contribution in [-0.2, 0) is 11.2 Å². The lowest BCUT2D eigenvalue weighted by molar-refractivity contribution is -0.130. The first-order valence-electron chi connectivity index (χ1n) is 8.58. The molecular weight excluding hydrogens is 356 g/mol. The Morgan fingerprint density at radius 3 is 2.58 bits per heavy atom. The largest absolute Gasteiger partial charge is 0.486 e. The number of carbonyl (C=O) groups is 1. The molecule has 0 bridgehead atoms. The van der Waals surface area contributed by atoms with Crippen LogP contribution in [0.1, 0.15) is 5.56 Å². The average molecular weight is 375 g/mol. The Bertz CT molecular complexity index is 795. The zero-order valence-corrected chi connectivity index (χ0v) is 15.0. The second-order valence-electron chi connectivity index (χ2n) is 6.20. The molecule has 0 aliphatic carbocycles. The second-order valence-corrected chi connectivity index (χ2v) is 6.60. The third-order valence-corrected chi connectivity index (χ3v) is 4.76. The first-order chi connectivity index (χ1) is 12.7. The lowest BCUT2D eigenvalue weighted by Gasteiger charge is -2.34. The Kier molecular flexibility index (Phi) is 4.79. The van der Waals surface area contributed by atoms with Crippen LogP contribution in [0.4, 0.5) is 5.95 Å². The van der Waals surface area contributed by atoms with Gasteiger partial charge in [-0.25, -0.2) is 9.97 Å². The molecule has 1 aromatic carbocycles. The second kappa shape index (κ2) is 7.37. The van der Waals surface area contributed by atoms with Gasteiger partial charge in [-0.1, -0.05) is 11.6 Å². The Morgan fingerprint density at radius 2 is 1.81 bits per heavy atom. The Morgan fingerprint density at radius 1 is 1.08 bits per heavy atom. The van der Waals surface area contributed by atoms with E-state index >= 15 is 0 Å². The molecule has 3 heterocycles. The monoisotopic (exact) mass is 374 g/mol. The summed E-state index contributed by atoms with van der Waals surface area (Å²) in [4.78, 5) is 25.1. The van der Waals surface area contributed by atoms with Gasteiger partial charge in [0.15, 0.2) is 11.5 Å². The van der Waals surface area contributed by atoms with E-state index in [9.17, 15) is 4.79 Å². The van der Waals surface area contributed by atoms with Gasteiger partial charge in [-0.3, -0.25) is 4.79 Å². The fourth-order valence-electron chi connectivity index (χ4n) is 3.16. The number of hydrogen-bond donors (Lipinski definition) is 0. The van der Waals surface area contributed by atoms with Crippen LogP contribution in [0.3, 0.4) is 0 Å². The number of nitrogens with zero attached hydrogens (tertiary/aromatic N) is 4. The van der Waals surface area contributed by atoms with E-state index in [-0.39, 0.29) is 12.3 Å². The molecular formula is C18H19ClN4O3.